The topological polar surface area (TPSA) is 49.4 Å². The number of halogens is 2. The maximum absolute atomic E-state index is 12.7. The highest BCUT2D eigenvalue weighted by Crippen LogP contribution is 2.33. The predicted molar refractivity (Wildman–Crippen MR) is 109 cm³/mol. The number of hydrogen-bond acceptors (Lipinski definition) is 2. The van der Waals surface area contributed by atoms with E-state index in [2.05, 4.69) is 21.2 Å². The summed E-state index contributed by atoms with van der Waals surface area (Å²) in [5, 5.41) is 3.49. The van der Waals surface area contributed by atoms with Crippen molar-refractivity contribution in [2.45, 2.75) is 27.2 Å². The average molecular weight is 436 g/mol. The van der Waals surface area contributed by atoms with Crippen LogP contribution in [0.1, 0.15) is 23.1 Å². The van der Waals surface area contributed by atoms with E-state index >= 15 is 0 Å². The first-order valence-electron chi connectivity index (χ1n) is 8.41. The molecule has 0 unspecified atom stereocenters. The molecule has 0 aromatic heterocycles. The van der Waals surface area contributed by atoms with Gasteiger partial charge in [-0.3, -0.25) is 9.59 Å². The Bertz CT molecular complexity index is 898. The van der Waals surface area contributed by atoms with Crippen molar-refractivity contribution in [1.82, 2.24) is 0 Å². The quantitative estimate of drug-likeness (QED) is 0.736. The van der Waals surface area contributed by atoms with Crippen LogP contribution in [0.5, 0.6) is 0 Å². The normalized spacial score (nSPS) is 16.9. The SMILES string of the molecule is Cc1cccc(N2C[C@H](C(=O)Nc3ccc(Br)c(Cl)c3C)CC2=O)c1C. The molecule has 3 rings (SSSR count). The summed E-state index contributed by atoms with van der Waals surface area (Å²) in [6.07, 6.45) is 0.211. The Kier molecular flexibility index (Phi) is 5.39. The fourth-order valence-electron chi connectivity index (χ4n) is 3.17. The summed E-state index contributed by atoms with van der Waals surface area (Å²) < 4.78 is 0.784. The van der Waals surface area contributed by atoms with Gasteiger partial charge in [0.05, 0.1) is 10.9 Å². The van der Waals surface area contributed by atoms with E-state index in [0.717, 1.165) is 26.9 Å². The van der Waals surface area contributed by atoms with Crippen LogP contribution in [0.3, 0.4) is 0 Å². The molecule has 1 aliphatic heterocycles. The highest BCUT2D eigenvalue weighted by Gasteiger charge is 2.36. The van der Waals surface area contributed by atoms with Gasteiger partial charge < -0.3 is 10.2 Å². The minimum absolute atomic E-state index is 0.0237. The van der Waals surface area contributed by atoms with Gasteiger partial charge in [0.1, 0.15) is 0 Å². The Morgan fingerprint density at radius 2 is 1.92 bits per heavy atom. The van der Waals surface area contributed by atoms with Crippen molar-refractivity contribution in [3.63, 3.8) is 0 Å². The number of nitrogens with zero attached hydrogens (tertiary/aromatic N) is 1. The minimum Gasteiger partial charge on any atom is -0.325 e. The van der Waals surface area contributed by atoms with E-state index in [1.807, 2.05) is 45.0 Å². The molecule has 1 aliphatic rings. The molecule has 2 amide bonds. The smallest absolute Gasteiger partial charge is 0.229 e. The summed E-state index contributed by atoms with van der Waals surface area (Å²) in [4.78, 5) is 26.9. The summed E-state index contributed by atoms with van der Waals surface area (Å²) in [6.45, 7) is 6.26. The molecule has 0 bridgehead atoms. The molecule has 4 nitrogen and oxygen atoms in total. The van der Waals surface area contributed by atoms with Crippen LogP contribution >= 0.6 is 27.5 Å². The van der Waals surface area contributed by atoms with Crippen LogP contribution in [0, 0.1) is 26.7 Å². The fourth-order valence-corrected chi connectivity index (χ4v) is 3.76. The van der Waals surface area contributed by atoms with Gasteiger partial charge in [0.15, 0.2) is 0 Å². The van der Waals surface area contributed by atoms with Gasteiger partial charge in [-0.25, -0.2) is 0 Å². The molecule has 1 heterocycles. The van der Waals surface area contributed by atoms with Crippen molar-refractivity contribution >= 4 is 50.7 Å². The second-order valence-corrected chi connectivity index (χ2v) is 7.88. The van der Waals surface area contributed by atoms with E-state index in [-0.39, 0.29) is 24.2 Å². The lowest BCUT2D eigenvalue weighted by molar-refractivity contribution is -0.122. The molecule has 136 valence electrons. The molecule has 1 fully saturated rings. The number of aryl methyl sites for hydroxylation is 1. The van der Waals surface area contributed by atoms with E-state index in [1.165, 1.54) is 0 Å². The van der Waals surface area contributed by atoms with Gasteiger partial charge in [-0.15, -0.1) is 0 Å². The molecule has 0 saturated carbocycles. The zero-order valence-electron chi connectivity index (χ0n) is 14.9. The Morgan fingerprint density at radius 1 is 1.19 bits per heavy atom. The molecule has 0 radical (unpaired) electrons. The van der Waals surface area contributed by atoms with Crippen LogP contribution in [0.15, 0.2) is 34.8 Å². The van der Waals surface area contributed by atoms with Crippen molar-refractivity contribution < 1.29 is 9.59 Å². The molecule has 2 aromatic rings. The molecular weight excluding hydrogens is 416 g/mol. The highest BCUT2D eigenvalue weighted by molar-refractivity contribution is 9.10. The monoisotopic (exact) mass is 434 g/mol. The summed E-state index contributed by atoms with van der Waals surface area (Å²) >= 11 is 9.59. The average Bonchev–Trinajstić information content (AvgIpc) is 2.99. The van der Waals surface area contributed by atoms with Crippen LogP contribution in [0.4, 0.5) is 11.4 Å². The second kappa shape index (κ2) is 7.41. The number of hydrogen-bond donors (Lipinski definition) is 1. The van der Waals surface area contributed by atoms with Crippen molar-refractivity contribution in [3.8, 4) is 0 Å². The van der Waals surface area contributed by atoms with Gasteiger partial charge in [-0.2, -0.15) is 0 Å². The first-order valence-corrected chi connectivity index (χ1v) is 9.58. The molecule has 6 heteroatoms. The minimum atomic E-state index is -0.385. The van der Waals surface area contributed by atoms with Gasteiger partial charge in [0.25, 0.3) is 0 Å². The number of anilines is 2. The molecule has 0 spiro atoms. The summed E-state index contributed by atoms with van der Waals surface area (Å²) in [5.74, 6) is -0.568. The largest absolute Gasteiger partial charge is 0.325 e. The Morgan fingerprint density at radius 3 is 2.65 bits per heavy atom. The Hall–Kier alpha value is -1.85. The van der Waals surface area contributed by atoms with E-state index in [1.54, 1.807) is 11.0 Å². The van der Waals surface area contributed by atoms with Crippen LogP contribution in [0.2, 0.25) is 5.02 Å². The molecule has 1 N–H and O–H groups in total. The Balaban J connectivity index is 1.77. The second-order valence-electron chi connectivity index (χ2n) is 6.65. The van der Waals surface area contributed by atoms with Crippen LogP contribution < -0.4 is 10.2 Å². The first-order chi connectivity index (χ1) is 12.3. The lowest BCUT2D eigenvalue weighted by atomic mass is 10.1. The first kappa shape index (κ1) is 18.9. The van der Waals surface area contributed by atoms with Gasteiger partial charge >= 0.3 is 0 Å². The highest BCUT2D eigenvalue weighted by atomic mass is 79.9. The van der Waals surface area contributed by atoms with Crippen molar-refractivity contribution in [1.29, 1.82) is 0 Å². The molecule has 26 heavy (non-hydrogen) atoms. The van der Waals surface area contributed by atoms with E-state index in [0.29, 0.717) is 17.3 Å². The maximum atomic E-state index is 12.7. The van der Waals surface area contributed by atoms with E-state index in [9.17, 15) is 9.59 Å². The number of amides is 2. The third-order valence-electron chi connectivity index (χ3n) is 4.96. The Labute approximate surface area is 166 Å². The zero-order valence-corrected chi connectivity index (χ0v) is 17.2. The molecule has 2 aromatic carbocycles. The van der Waals surface area contributed by atoms with Crippen LogP contribution in [0.25, 0.3) is 0 Å². The number of nitrogens with one attached hydrogen (secondary N) is 1. The van der Waals surface area contributed by atoms with Gasteiger partial charge in [-0.1, -0.05) is 23.7 Å². The third-order valence-corrected chi connectivity index (χ3v) is 6.34. The molecule has 1 saturated heterocycles. The zero-order chi connectivity index (χ0) is 19.0. The van der Waals surface area contributed by atoms with E-state index < -0.39 is 0 Å². The number of carbonyl (C=O) groups is 2. The fraction of sp³-hybridized carbons (Fsp3) is 0.300. The molecular formula is C20H20BrClN2O2. The predicted octanol–water partition coefficient (Wildman–Crippen LogP) is 5.02. The lowest BCUT2D eigenvalue weighted by Crippen LogP contribution is -2.28. The summed E-state index contributed by atoms with van der Waals surface area (Å²) in [6, 6.07) is 9.49. The van der Waals surface area contributed by atoms with Crippen molar-refractivity contribution in [3.05, 3.63) is 56.5 Å². The van der Waals surface area contributed by atoms with E-state index in [4.69, 9.17) is 11.6 Å². The third kappa shape index (κ3) is 3.51. The summed E-state index contributed by atoms with van der Waals surface area (Å²) in [7, 11) is 0. The molecule has 1 atom stereocenters. The summed E-state index contributed by atoms with van der Waals surface area (Å²) in [5.41, 5.74) is 4.54. The number of rotatable bonds is 3. The van der Waals surface area contributed by atoms with Crippen molar-refractivity contribution in [2.75, 3.05) is 16.8 Å². The standard InChI is InChI=1S/C20H20BrClN2O2/c1-11-5-4-6-17(12(11)2)24-10-14(9-18(24)25)20(26)23-16-8-7-15(21)19(22)13(16)3/h4-8,14H,9-10H2,1-3H3,(H,23,26)/t14-/m1/s1. The van der Waals surface area contributed by atoms with Gasteiger partial charge in [-0.05, 0) is 71.6 Å². The van der Waals surface area contributed by atoms with Crippen molar-refractivity contribution in [2.24, 2.45) is 5.92 Å². The van der Waals surface area contributed by atoms with Crippen LogP contribution in [-0.4, -0.2) is 18.4 Å². The van der Waals surface area contributed by atoms with Gasteiger partial charge in [0, 0.05) is 28.8 Å². The molecule has 0 aliphatic carbocycles. The number of benzene rings is 2. The van der Waals surface area contributed by atoms with Crippen LogP contribution in [-0.2, 0) is 9.59 Å². The maximum Gasteiger partial charge on any atom is 0.229 e. The lowest BCUT2D eigenvalue weighted by Gasteiger charge is -2.20. The number of carbonyl (C=O) groups excluding carboxylic acids is 2. The van der Waals surface area contributed by atoms with Gasteiger partial charge in [0.2, 0.25) is 11.8 Å².